The quantitative estimate of drug-likeness (QED) is 0.519. The fourth-order valence-corrected chi connectivity index (χ4v) is 4.05. The van der Waals surface area contributed by atoms with Gasteiger partial charge in [0.2, 0.25) is 0 Å². The van der Waals surface area contributed by atoms with Gasteiger partial charge in [0.15, 0.2) is 0 Å². The highest BCUT2D eigenvalue weighted by Crippen LogP contribution is 2.14. The van der Waals surface area contributed by atoms with E-state index >= 15 is 0 Å². The number of likely N-dealkylation sites (tertiary alicyclic amines) is 2. The van der Waals surface area contributed by atoms with Crippen LogP contribution in [0.25, 0.3) is 0 Å². The molecule has 0 bridgehead atoms. The van der Waals surface area contributed by atoms with Crippen LogP contribution in [0.1, 0.15) is 52.9 Å². The van der Waals surface area contributed by atoms with Gasteiger partial charge in [0, 0.05) is 39.3 Å². The molecule has 4 rings (SSSR count). The van der Waals surface area contributed by atoms with Gasteiger partial charge in [-0.1, -0.05) is 25.5 Å². The maximum Gasteiger partial charge on any atom is 0.0162 e. The summed E-state index contributed by atoms with van der Waals surface area (Å²) in [5.41, 5.74) is 1.54. The molecule has 0 radical (unpaired) electrons. The van der Waals surface area contributed by atoms with E-state index in [1.807, 2.05) is 0 Å². The molecule has 5 heteroatoms. The first kappa shape index (κ1) is 29.6. The third kappa shape index (κ3) is 15.4. The lowest BCUT2D eigenvalue weighted by Gasteiger charge is -2.28. The Morgan fingerprint density at radius 2 is 0.875 bits per heavy atom. The third-order valence-electron chi connectivity index (χ3n) is 7.38. The van der Waals surface area contributed by atoms with Crippen molar-refractivity contribution < 1.29 is 0 Å². The second-order valence-electron chi connectivity index (χ2n) is 11.1. The van der Waals surface area contributed by atoms with Gasteiger partial charge in [-0.25, -0.2) is 0 Å². The predicted octanol–water partition coefficient (Wildman–Crippen LogP) is 3.83. The van der Waals surface area contributed by atoms with Crippen molar-refractivity contribution >= 4 is 0 Å². The molecule has 5 nitrogen and oxygen atoms in total. The largest absolute Gasteiger partial charge is 0.306 e. The van der Waals surface area contributed by atoms with Gasteiger partial charge in [0.1, 0.15) is 0 Å². The van der Waals surface area contributed by atoms with Crippen LogP contribution in [0.2, 0.25) is 0 Å². The first-order valence-corrected chi connectivity index (χ1v) is 13.2. The molecule has 0 unspecified atom stereocenters. The SMILES string of the molecule is CC1=CCN(C)CC1.CC1CCN(C)CC1.CC1CCN(C)CC1.CN1CCN(C)CC1. The monoisotopic (exact) mass is 451 g/mol. The van der Waals surface area contributed by atoms with Gasteiger partial charge in [-0.2, -0.15) is 0 Å². The lowest BCUT2D eigenvalue weighted by atomic mass is 10.00. The van der Waals surface area contributed by atoms with Crippen LogP contribution in [0.5, 0.6) is 0 Å². The standard InChI is InChI=1S/2C7H15N.C7H13N.C6H14N2/c4*1-7-3-5-8(2)6-4-7/h2*7H,3-6H2,1-2H3;3H,4-6H2,1-2H3;3-6H2,1-2H3. The summed E-state index contributed by atoms with van der Waals surface area (Å²) in [7, 11) is 10.9. The molecule has 0 amide bonds. The Morgan fingerprint density at radius 1 is 0.531 bits per heavy atom. The van der Waals surface area contributed by atoms with Crippen LogP contribution in [0.3, 0.4) is 0 Å². The van der Waals surface area contributed by atoms with E-state index in [2.05, 4.69) is 86.6 Å². The summed E-state index contributed by atoms with van der Waals surface area (Å²) in [6.07, 6.45) is 9.15. The number of hydrogen-bond acceptors (Lipinski definition) is 5. The fraction of sp³-hybridized carbons (Fsp3) is 0.926. The van der Waals surface area contributed by atoms with Crippen molar-refractivity contribution in [1.82, 2.24) is 24.5 Å². The van der Waals surface area contributed by atoms with E-state index in [-0.39, 0.29) is 0 Å². The molecule has 4 heterocycles. The molecule has 0 aromatic carbocycles. The van der Waals surface area contributed by atoms with Crippen molar-refractivity contribution in [2.24, 2.45) is 11.8 Å². The first-order valence-electron chi connectivity index (χ1n) is 13.2. The minimum absolute atomic E-state index is 0.978. The van der Waals surface area contributed by atoms with Crippen LogP contribution >= 0.6 is 0 Å². The Kier molecular flexibility index (Phi) is 15.8. The molecule has 4 aliphatic heterocycles. The molecule has 3 fully saturated rings. The molecule has 0 aromatic heterocycles. The normalized spacial score (nSPS) is 25.4. The number of hydrogen-bond donors (Lipinski definition) is 0. The van der Waals surface area contributed by atoms with Crippen molar-refractivity contribution in [2.45, 2.75) is 52.9 Å². The van der Waals surface area contributed by atoms with E-state index in [9.17, 15) is 0 Å². The van der Waals surface area contributed by atoms with Gasteiger partial charge in [-0.15, -0.1) is 0 Å². The minimum Gasteiger partial charge on any atom is -0.306 e. The summed E-state index contributed by atoms with van der Waals surface area (Å²) in [6.45, 7) is 19.4. The highest BCUT2D eigenvalue weighted by Gasteiger charge is 2.11. The molecule has 0 aromatic rings. The molecule has 0 aliphatic carbocycles. The first-order chi connectivity index (χ1) is 15.2. The minimum atomic E-state index is 0.978. The lowest BCUT2D eigenvalue weighted by molar-refractivity contribution is 0.181. The summed E-state index contributed by atoms with van der Waals surface area (Å²) in [6, 6.07) is 0. The van der Waals surface area contributed by atoms with Crippen LogP contribution in [0.15, 0.2) is 11.6 Å². The zero-order chi connectivity index (χ0) is 23.9. The summed E-state index contributed by atoms with van der Waals surface area (Å²) in [5.74, 6) is 1.96. The van der Waals surface area contributed by atoms with Crippen molar-refractivity contribution in [1.29, 1.82) is 0 Å². The maximum absolute atomic E-state index is 2.40. The molecule has 0 atom stereocenters. The Balaban J connectivity index is 0.000000213. The van der Waals surface area contributed by atoms with Crippen LogP contribution in [-0.4, -0.2) is 125 Å². The number of piperazine rings is 1. The second-order valence-corrected chi connectivity index (χ2v) is 11.1. The average Bonchev–Trinajstić information content (AvgIpc) is 2.78. The molecule has 0 spiro atoms. The maximum atomic E-state index is 2.40. The molecule has 190 valence electrons. The zero-order valence-corrected chi connectivity index (χ0v) is 23.1. The molecule has 3 saturated heterocycles. The Bertz CT molecular complexity index is 393. The number of nitrogens with zero attached hydrogens (tertiary/aromatic N) is 5. The van der Waals surface area contributed by atoms with Crippen LogP contribution in [0, 0.1) is 11.8 Å². The molecule has 32 heavy (non-hydrogen) atoms. The van der Waals surface area contributed by atoms with E-state index < -0.39 is 0 Å². The van der Waals surface area contributed by atoms with Crippen molar-refractivity contribution in [3.05, 3.63) is 11.6 Å². The van der Waals surface area contributed by atoms with Crippen molar-refractivity contribution in [2.75, 3.05) is 101 Å². The van der Waals surface area contributed by atoms with Crippen LogP contribution < -0.4 is 0 Å². The van der Waals surface area contributed by atoms with Crippen LogP contribution in [0.4, 0.5) is 0 Å². The van der Waals surface area contributed by atoms with E-state index in [1.165, 1.54) is 91.0 Å². The smallest absolute Gasteiger partial charge is 0.0162 e. The topological polar surface area (TPSA) is 16.2 Å². The summed E-state index contributed by atoms with van der Waals surface area (Å²) in [4.78, 5) is 11.9. The third-order valence-corrected chi connectivity index (χ3v) is 7.38. The summed E-state index contributed by atoms with van der Waals surface area (Å²) in [5, 5.41) is 0. The highest BCUT2D eigenvalue weighted by atomic mass is 15.2. The summed E-state index contributed by atoms with van der Waals surface area (Å²) >= 11 is 0. The fourth-order valence-electron chi connectivity index (χ4n) is 4.05. The van der Waals surface area contributed by atoms with E-state index in [4.69, 9.17) is 0 Å². The predicted molar refractivity (Wildman–Crippen MR) is 143 cm³/mol. The van der Waals surface area contributed by atoms with Crippen molar-refractivity contribution in [3.8, 4) is 0 Å². The van der Waals surface area contributed by atoms with Gasteiger partial charge >= 0.3 is 0 Å². The lowest BCUT2D eigenvalue weighted by Crippen LogP contribution is -2.42. The highest BCUT2D eigenvalue weighted by molar-refractivity contribution is 5.02. The molecule has 4 aliphatic rings. The van der Waals surface area contributed by atoms with E-state index in [1.54, 1.807) is 5.57 Å². The Hall–Kier alpha value is -0.460. The van der Waals surface area contributed by atoms with E-state index in [0.717, 1.165) is 18.4 Å². The van der Waals surface area contributed by atoms with Crippen LogP contribution in [-0.2, 0) is 0 Å². The zero-order valence-electron chi connectivity index (χ0n) is 23.1. The van der Waals surface area contributed by atoms with E-state index in [0.29, 0.717) is 0 Å². The van der Waals surface area contributed by atoms with Gasteiger partial charge < -0.3 is 24.5 Å². The number of likely N-dealkylation sites (N-methyl/N-ethyl adjacent to an activating group) is 3. The number of piperidine rings is 2. The molecule has 0 N–H and O–H groups in total. The van der Waals surface area contributed by atoms with Gasteiger partial charge in [-0.3, -0.25) is 0 Å². The van der Waals surface area contributed by atoms with Crippen molar-refractivity contribution in [3.63, 3.8) is 0 Å². The second kappa shape index (κ2) is 17.0. The Morgan fingerprint density at radius 3 is 1.12 bits per heavy atom. The summed E-state index contributed by atoms with van der Waals surface area (Å²) < 4.78 is 0. The van der Waals surface area contributed by atoms with Gasteiger partial charge in [-0.05, 0) is 112 Å². The molecular weight excluding hydrogens is 394 g/mol. The van der Waals surface area contributed by atoms with Gasteiger partial charge in [0.25, 0.3) is 0 Å². The molecular formula is C27H57N5. The van der Waals surface area contributed by atoms with Gasteiger partial charge in [0.05, 0.1) is 0 Å². The average molecular weight is 452 g/mol. The Labute approximate surface area is 201 Å². The molecule has 0 saturated carbocycles. The number of rotatable bonds is 0.